The van der Waals surface area contributed by atoms with E-state index in [1.807, 2.05) is 36.2 Å². The van der Waals surface area contributed by atoms with Gasteiger partial charge in [-0.15, -0.1) is 0 Å². The summed E-state index contributed by atoms with van der Waals surface area (Å²) in [5.74, 6) is 0.145. The van der Waals surface area contributed by atoms with E-state index in [0.717, 1.165) is 37.1 Å². The van der Waals surface area contributed by atoms with Gasteiger partial charge in [-0.3, -0.25) is 9.59 Å². The van der Waals surface area contributed by atoms with Gasteiger partial charge in [0.1, 0.15) is 0 Å². The van der Waals surface area contributed by atoms with Crippen LogP contribution < -0.4 is 10.6 Å². The summed E-state index contributed by atoms with van der Waals surface area (Å²) in [6.45, 7) is 2.90. The average Bonchev–Trinajstić information content (AvgIpc) is 2.58. The molecule has 0 bridgehead atoms. The number of hydrogen-bond donors (Lipinski definition) is 2. The van der Waals surface area contributed by atoms with Gasteiger partial charge in [-0.25, -0.2) is 0 Å². The summed E-state index contributed by atoms with van der Waals surface area (Å²) in [7, 11) is 1.82. The zero-order chi connectivity index (χ0) is 15.8. The molecule has 0 spiro atoms. The number of hydrogen-bond acceptors (Lipinski definition) is 3. The number of benzene rings is 1. The highest BCUT2D eigenvalue weighted by Crippen LogP contribution is 2.13. The van der Waals surface area contributed by atoms with E-state index in [9.17, 15) is 9.59 Å². The van der Waals surface area contributed by atoms with Crippen molar-refractivity contribution in [1.29, 1.82) is 0 Å². The van der Waals surface area contributed by atoms with Crippen molar-refractivity contribution in [1.82, 2.24) is 15.5 Å². The van der Waals surface area contributed by atoms with E-state index in [-0.39, 0.29) is 11.8 Å². The molecule has 1 aromatic rings. The molecule has 2 rings (SSSR count). The molecule has 1 aliphatic rings. The summed E-state index contributed by atoms with van der Waals surface area (Å²) in [4.78, 5) is 25.8. The van der Waals surface area contributed by atoms with Gasteiger partial charge in [0.15, 0.2) is 0 Å². The Morgan fingerprint density at radius 3 is 2.41 bits per heavy atom. The van der Waals surface area contributed by atoms with E-state index < -0.39 is 0 Å². The summed E-state index contributed by atoms with van der Waals surface area (Å²) in [5, 5.41) is 5.82. The largest absolute Gasteiger partial charge is 0.352 e. The minimum absolute atomic E-state index is 0.0304. The first kappa shape index (κ1) is 16.5. The van der Waals surface area contributed by atoms with E-state index in [0.29, 0.717) is 19.5 Å². The zero-order valence-corrected chi connectivity index (χ0v) is 13.2. The molecule has 0 atom stereocenters. The highest BCUT2D eigenvalue weighted by atomic mass is 16.2. The Morgan fingerprint density at radius 2 is 1.77 bits per heavy atom. The second-order valence-electron chi connectivity index (χ2n) is 5.68. The van der Waals surface area contributed by atoms with Crippen LogP contribution in [0.25, 0.3) is 0 Å². The molecular weight excluding hydrogens is 278 g/mol. The molecule has 2 N–H and O–H groups in total. The van der Waals surface area contributed by atoms with E-state index in [1.165, 1.54) is 6.42 Å². The smallest absolute Gasteiger partial charge is 0.253 e. The van der Waals surface area contributed by atoms with E-state index in [2.05, 4.69) is 10.6 Å². The summed E-state index contributed by atoms with van der Waals surface area (Å²) >= 11 is 0. The van der Waals surface area contributed by atoms with E-state index in [1.54, 1.807) is 0 Å². The van der Waals surface area contributed by atoms with Crippen molar-refractivity contribution in [3.8, 4) is 0 Å². The molecule has 0 aromatic heterocycles. The van der Waals surface area contributed by atoms with Crippen LogP contribution in [0.3, 0.4) is 0 Å². The number of amides is 2. The van der Waals surface area contributed by atoms with Gasteiger partial charge >= 0.3 is 0 Å². The van der Waals surface area contributed by atoms with Crippen LogP contribution in [0, 0.1) is 0 Å². The monoisotopic (exact) mass is 303 g/mol. The van der Waals surface area contributed by atoms with Crippen molar-refractivity contribution in [3.05, 3.63) is 35.4 Å². The highest BCUT2D eigenvalue weighted by molar-refractivity contribution is 5.94. The first-order valence-corrected chi connectivity index (χ1v) is 8.00. The molecule has 0 aliphatic carbocycles. The van der Waals surface area contributed by atoms with Crippen LogP contribution in [-0.4, -0.2) is 43.4 Å². The molecule has 1 aromatic carbocycles. The van der Waals surface area contributed by atoms with Crippen molar-refractivity contribution >= 4 is 11.8 Å². The molecular formula is C17H25N3O2. The van der Waals surface area contributed by atoms with Crippen LogP contribution in [-0.2, 0) is 11.3 Å². The lowest BCUT2D eigenvalue weighted by Gasteiger charge is -2.26. The molecule has 0 saturated carbocycles. The number of likely N-dealkylation sites (tertiary alicyclic amines) is 1. The molecule has 2 amide bonds. The molecule has 1 fully saturated rings. The number of carbonyl (C=O) groups excluding carboxylic acids is 2. The standard InChI is InChI=1S/C17H25N3O2/c1-18-10-9-16(21)19-13-14-5-7-15(8-6-14)17(22)20-11-3-2-4-12-20/h5-8,18H,2-4,9-13H2,1H3,(H,19,21). The van der Waals surface area contributed by atoms with Crippen LogP contribution in [0.1, 0.15) is 41.6 Å². The molecule has 1 aliphatic heterocycles. The minimum atomic E-state index is 0.0304. The van der Waals surface area contributed by atoms with Gasteiger partial charge in [-0.05, 0) is 44.0 Å². The molecule has 0 radical (unpaired) electrons. The lowest BCUT2D eigenvalue weighted by molar-refractivity contribution is -0.121. The molecule has 5 nitrogen and oxygen atoms in total. The van der Waals surface area contributed by atoms with Crippen LogP contribution in [0.15, 0.2) is 24.3 Å². The van der Waals surface area contributed by atoms with Gasteiger partial charge in [-0.2, -0.15) is 0 Å². The summed E-state index contributed by atoms with van der Waals surface area (Å²) in [6, 6.07) is 7.53. The van der Waals surface area contributed by atoms with Crippen molar-refractivity contribution in [3.63, 3.8) is 0 Å². The third kappa shape index (κ3) is 4.84. The Kier molecular flexibility index (Phi) is 6.40. The Morgan fingerprint density at radius 1 is 1.09 bits per heavy atom. The lowest BCUT2D eigenvalue weighted by Crippen LogP contribution is -2.35. The summed E-state index contributed by atoms with van der Waals surface area (Å²) in [5.41, 5.74) is 1.74. The van der Waals surface area contributed by atoms with Crippen molar-refractivity contribution in [2.45, 2.75) is 32.2 Å². The fourth-order valence-corrected chi connectivity index (χ4v) is 2.57. The lowest BCUT2D eigenvalue weighted by atomic mass is 10.1. The van der Waals surface area contributed by atoms with Gasteiger partial charge in [0.05, 0.1) is 0 Å². The maximum absolute atomic E-state index is 12.3. The van der Waals surface area contributed by atoms with Gasteiger partial charge < -0.3 is 15.5 Å². The Balaban J connectivity index is 1.84. The second kappa shape index (κ2) is 8.54. The molecule has 0 unspecified atom stereocenters. The van der Waals surface area contributed by atoms with Gasteiger partial charge in [0, 0.05) is 38.2 Å². The third-order valence-electron chi connectivity index (χ3n) is 3.94. The van der Waals surface area contributed by atoms with Gasteiger partial charge in [0.25, 0.3) is 5.91 Å². The molecule has 120 valence electrons. The number of nitrogens with zero attached hydrogens (tertiary/aromatic N) is 1. The molecule has 1 saturated heterocycles. The van der Waals surface area contributed by atoms with Crippen LogP contribution >= 0.6 is 0 Å². The van der Waals surface area contributed by atoms with Crippen LogP contribution in [0.2, 0.25) is 0 Å². The van der Waals surface area contributed by atoms with E-state index in [4.69, 9.17) is 0 Å². The fraction of sp³-hybridized carbons (Fsp3) is 0.529. The number of nitrogens with one attached hydrogen (secondary N) is 2. The predicted octanol–water partition coefficient (Wildman–Crippen LogP) is 1.54. The first-order chi connectivity index (χ1) is 10.7. The first-order valence-electron chi connectivity index (χ1n) is 8.00. The van der Waals surface area contributed by atoms with Gasteiger partial charge in [-0.1, -0.05) is 12.1 Å². The molecule has 5 heteroatoms. The Bertz CT molecular complexity index is 493. The van der Waals surface area contributed by atoms with Crippen molar-refractivity contribution < 1.29 is 9.59 Å². The van der Waals surface area contributed by atoms with Gasteiger partial charge in [0.2, 0.25) is 5.91 Å². The Labute approximate surface area is 132 Å². The zero-order valence-electron chi connectivity index (χ0n) is 13.2. The number of piperidine rings is 1. The number of rotatable bonds is 6. The summed E-state index contributed by atoms with van der Waals surface area (Å²) in [6.07, 6.45) is 3.89. The van der Waals surface area contributed by atoms with Crippen molar-refractivity contribution in [2.24, 2.45) is 0 Å². The Hall–Kier alpha value is -1.88. The molecule has 1 heterocycles. The topological polar surface area (TPSA) is 61.4 Å². The average molecular weight is 303 g/mol. The minimum Gasteiger partial charge on any atom is -0.352 e. The quantitative estimate of drug-likeness (QED) is 0.838. The maximum Gasteiger partial charge on any atom is 0.253 e. The fourth-order valence-electron chi connectivity index (χ4n) is 2.57. The molecule has 22 heavy (non-hydrogen) atoms. The summed E-state index contributed by atoms with van der Waals surface area (Å²) < 4.78 is 0. The second-order valence-corrected chi connectivity index (χ2v) is 5.68. The normalized spacial score (nSPS) is 14.7. The van der Waals surface area contributed by atoms with E-state index >= 15 is 0 Å². The maximum atomic E-state index is 12.3. The van der Waals surface area contributed by atoms with Crippen molar-refractivity contribution in [2.75, 3.05) is 26.7 Å². The third-order valence-corrected chi connectivity index (χ3v) is 3.94. The highest BCUT2D eigenvalue weighted by Gasteiger charge is 2.17. The predicted molar refractivity (Wildman–Crippen MR) is 86.6 cm³/mol. The van der Waals surface area contributed by atoms with Crippen LogP contribution in [0.4, 0.5) is 0 Å². The van der Waals surface area contributed by atoms with Crippen LogP contribution in [0.5, 0.6) is 0 Å². The number of carbonyl (C=O) groups is 2. The SMILES string of the molecule is CNCCC(=O)NCc1ccc(C(=O)N2CCCCC2)cc1.